The molecule has 0 spiro atoms. The van der Waals surface area contributed by atoms with Crippen LogP contribution in [0, 0.1) is 0 Å². The largest absolute Gasteiger partial charge is 0.489 e. The van der Waals surface area contributed by atoms with Gasteiger partial charge in [0.05, 0.1) is 12.1 Å². The standard InChI is InChI=1S/C30H35ClFNO4S/c1-29(2,3)37-28(35)33-30(20-32,21-34)16-8-11-23-14-15-26(18-27(23)31)38-25-13-7-12-24(17-25)36-19-22-9-5-4-6-10-22/h4-7,9-10,12-15,17-18,34H,8,11,16,19-21H2,1-3H3,(H,33,35). The van der Waals surface area contributed by atoms with Crippen LogP contribution in [0.15, 0.2) is 82.6 Å². The van der Waals surface area contributed by atoms with Gasteiger partial charge in [0.2, 0.25) is 0 Å². The SMILES string of the molecule is CC(C)(C)OC(=O)NC(CO)(CF)CCCc1ccc(Sc2cccc(OCc3ccccc3)c2)cc1Cl. The number of hydrogen-bond donors (Lipinski definition) is 2. The zero-order valence-corrected chi connectivity index (χ0v) is 23.6. The second-order valence-corrected chi connectivity index (χ2v) is 11.7. The summed E-state index contributed by atoms with van der Waals surface area (Å²) in [6.07, 6.45) is 0.581. The zero-order chi connectivity index (χ0) is 27.6. The maximum Gasteiger partial charge on any atom is 0.408 e. The van der Waals surface area contributed by atoms with E-state index in [0.717, 1.165) is 26.7 Å². The summed E-state index contributed by atoms with van der Waals surface area (Å²) >= 11 is 8.15. The summed E-state index contributed by atoms with van der Waals surface area (Å²) in [5.74, 6) is 0.793. The van der Waals surface area contributed by atoms with Gasteiger partial charge in [-0.2, -0.15) is 0 Å². The van der Waals surface area contributed by atoms with Crippen LogP contribution in [0.2, 0.25) is 5.02 Å². The molecule has 0 saturated carbocycles. The van der Waals surface area contributed by atoms with Crippen molar-refractivity contribution in [3.8, 4) is 5.75 Å². The molecule has 3 aromatic carbocycles. The van der Waals surface area contributed by atoms with E-state index in [2.05, 4.69) is 5.32 Å². The molecule has 1 amide bonds. The molecule has 204 valence electrons. The van der Waals surface area contributed by atoms with Crippen molar-refractivity contribution in [1.82, 2.24) is 5.32 Å². The third kappa shape index (κ3) is 9.53. The third-order valence-electron chi connectivity index (χ3n) is 5.74. The maximum atomic E-state index is 13.9. The number of alkyl carbamates (subject to hydrolysis) is 1. The van der Waals surface area contributed by atoms with Crippen molar-refractivity contribution in [2.45, 2.75) is 67.6 Å². The fourth-order valence-corrected chi connectivity index (χ4v) is 5.01. The molecule has 1 unspecified atom stereocenters. The normalized spacial score (nSPS) is 13.0. The minimum atomic E-state index is -1.39. The Balaban J connectivity index is 1.55. The Kier molecular flexibility index (Phi) is 10.9. The summed E-state index contributed by atoms with van der Waals surface area (Å²) in [7, 11) is 0. The van der Waals surface area contributed by atoms with Crippen LogP contribution in [0.25, 0.3) is 0 Å². The summed E-state index contributed by atoms with van der Waals surface area (Å²) in [5.41, 5.74) is -0.0842. The van der Waals surface area contributed by atoms with E-state index in [1.54, 1.807) is 32.5 Å². The molecule has 0 heterocycles. The first-order valence-electron chi connectivity index (χ1n) is 12.5. The van der Waals surface area contributed by atoms with Gasteiger partial charge in [0.1, 0.15) is 24.6 Å². The Morgan fingerprint density at radius 2 is 1.76 bits per heavy atom. The number of ether oxygens (including phenoxy) is 2. The second kappa shape index (κ2) is 13.9. The van der Waals surface area contributed by atoms with E-state index in [1.807, 2.05) is 72.8 Å². The van der Waals surface area contributed by atoms with E-state index in [9.17, 15) is 14.3 Å². The molecular formula is C30H35ClFNO4S. The average molecular weight is 560 g/mol. The van der Waals surface area contributed by atoms with Crippen LogP contribution in [-0.4, -0.2) is 35.6 Å². The first-order chi connectivity index (χ1) is 18.1. The lowest BCUT2D eigenvalue weighted by Gasteiger charge is -2.31. The lowest BCUT2D eigenvalue weighted by Crippen LogP contribution is -2.54. The second-order valence-electron chi connectivity index (χ2n) is 10.2. The van der Waals surface area contributed by atoms with E-state index in [0.29, 0.717) is 24.5 Å². The molecule has 0 aromatic heterocycles. The van der Waals surface area contributed by atoms with E-state index in [4.69, 9.17) is 21.1 Å². The Labute approximate surface area is 233 Å². The van der Waals surface area contributed by atoms with Crippen molar-refractivity contribution in [1.29, 1.82) is 0 Å². The lowest BCUT2D eigenvalue weighted by atomic mass is 9.93. The van der Waals surface area contributed by atoms with Gasteiger partial charge in [-0.1, -0.05) is 65.8 Å². The highest BCUT2D eigenvalue weighted by molar-refractivity contribution is 7.99. The molecule has 5 nitrogen and oxygen atoms in total. The molecule has 2 N–H and O–H groups in total. The quantitative estimate of drug-likeness (QED) is 0.239. The molecular weight excluding hydrogens is 525 g/mol. The molecule has 0 bridgehead atoms. The molecule has 0 radical (unpaired) electrons. The molecule has 0 aliphatic heterocycles. The number of nitrogens with one attached hydrogen (secondary N) is 1. The number of alkyl halides is 1. The van der Waals surface area contributed by atoms with E-state index in [1.165, 1.54) is 0 Å². The summed E-state index contributed by atoms with van der Waals surface area (Å²) in [6, 6.07) is 23.8. The topological polar surface area (TPSA) is 67.8 Å². The average Bonchev–Trinajstić information content (AvgIpc) is 2.88. The number of amides is 1. The van der Waals surface area contributed by atoms with Gasteiger partial charge in [0.25, 0.3) is 0 Å². The van der Waals surface area contributed by atoms with E-state index in [-0.39, 0.29) is 6.42 Å². The molecule has 0 fully saturated rings. The van der Waals surface area contributed by atoms with Crippen LogP contribution in [-0.2, 0) is 17.8 Å². The van der Waals surface area contributed by atoms with Gasteiger partial charge in [0.15, 0.2) is 0 Å². The summed E-state index contributed by atoms with van der Waals surface area (Å²) in [5, 5.41) is 12.9. The minimum Gasteiger partial charge on any atom is -0.489 e. The fourth-order valence-electron chi connectivity index (χ4n) is 3.76. The molecule has 3 aromatic rings. The summed E-state index contributed by atoms with van der Waals surface area (Å²) in [6.45, 7) is 4.25. The van der Waals surface area contributed by atoms with Gasteiger partial charge >= 0.3 is 6.09 Å². The molecule has 0 aliphatic carbocycles. The molecule has 3 rings (SSSR count). The summed E-state index contributed by atoms with van der Waals surface area (Å²) in [4.78, 5) is 14.2. The number of hydrogen-bond acceptors (Lipinski definition) is 5. The Morgan fingerprint density at radius 1 is 1.03 bits per heavy atom. The van der Waals surface area contributed by atoms with Crippen molar-refractivity contribution < 1.29 is 23.8 Å². The summed E-state index contributed by atoms with van der Waals surface area (Å²) < 4.78 is 25.0. The molecule has 0 saturated heterocycles. The van der Waals surface area contributed by atoms with E-state index < -0.39 is 30.5 Å². The molecule has 1 atom stereocenters. The van der Waals surface area contributed by atoms with Crippen LogP contribution < -0.4 is 10.1 Å². The van der Waals surface area contributed by atoms with Gasteiger partial charge in [-0.15, -0.1) is 0 Å². The predicted octanol–water partition coefficient (Wildman–Crippen LogP) is 7.62. The maximum absolute atomic E-state index is 13.9. The molecule has 0 aliphatic rings. The number of carbonyl (C=O) groups excluding carboxylic acids is 1. The van der Waals surface area contributed by atoms with Crippen LogP contribution >= 0.6 is 23.4 Å². The van der Waals surface area contributed by atoms with Crippen LogP contribution in [0.5, 0.6) is 5.75 Å². The predicted molar refractivity (Wildman–Crippen MR) is 151 cm³/mol. The zero-order valence-electron chi connectivity index (χ0n) is 22.0. The third-order valence-corrected chi connectivity index (χ3v) is 7.07. The smallest absolute Gasteiger partial charge is 0.408 e. The highest BCUT2D eigenvalue weighted by Crippen LogP contribution is 2.33. The highest BCUT2D eigenvalue weighted by Gasteiger charge is 2.33. The van der Waals surface area contributed by atoms with Gasteiger partial charge in [-0.3, -0.25) is 0 Å². The van der Waals surface area contributed by atoms with Crippen molar-refractivity contribution in [2.75, 3.05) is 13.3 Å². The number of aliphatic hydroxyl groups excluding tert-OH is 1. The fraction of sp³-hybridized carbons (Fsp3) is 0.367. The number of halogens is 2. The lowest BCUT2D eigenvalue weighted by molar-refractivity contribution is 0.0345. The van der Waals surface area contributed by atoms with Crippen molar-refractivity contribution >= 4 is 29.5 Å². The van der Waals surface area contributed by atoms with Crippen molar-refractivity contribution in [3.63, 3.8) is 0 Å². The van der Waals surface area contributed by atoms with Gasteiger partial charge in [-0.05, 0) is 81.5 Å². The number of aliphatic hydroxyl groups is 1. The Morgan fingerprint density at radius 3 is 2.42 bits per heavy atom. The van der Waals surface area contributed by atoms with Crippen LogP contribution in [0.4, 0.5) is 9.18 Å². The first kappa shape index (κ1) is 29.8. The minimum absolute atomic E-state index is 0.238. The number of aryl methyl sites for hydroxylation is 1. The van der Waals surface area contributed by atoms with Gasteiger partial charge < -0.3 is 19.9 Å². The van der Waals surface area contributed by atoms with Crippen molar-refractivity contribution in [3.05, 3.63) is 88.9 Å². The Hall–Kier alpha value is -2.74. The van der Waals surface area contributed by atoms with Crippen molar-refractivity contribution in [2.24, 2.45) is 0 Å². The highest BCUT2D eigenvalue weighted by atomic mass is 35.5. The van der Waals surface area contributed by atoms with E-state index >= 15 is 0 Å². The monoisotopic (exact) mass is 559 g/mol. The first-order valence-corrected chi connectivity index (χ1v) is 13.7. The number of rotatable bonds is 12. The Bertz CT molecular complexity index is 1180. The molecule has 38 heavy (non-hydrogen) atoms. The van der Waals surface area contributed by atoms with Crippen LogP contribution in [0.1, 0.15) is 44.7 Å². The van der Waals surface area contributed by atoms with Gasteiger partial charge in [-0.25, -0.2) is 9.18 Å². The molecule has 8 heteroatoms. The number of carbonyl (C=O) groups is 1. The van der Waals surface area contributed by atoms with Gasteiger partial charge in [0, 0.05) is 14.8 Å². The van der Waals surface area contributed by atoms with Crippen LogP contribution in [0.3, 0.4) is 0 Å². The number of benzene rings is 3.